The molecule has 0 spiro atoms. The molecule has 0 heterocycles. The molecule has 5 heteroatoms. The standard InChI is InChI=1S/C16H16F3NO/c1-2-20-15(13-8-3-4-9-14(13)17)11-6-5-7-12(10-11)21-16(18)19/h3-10,15-16,20H,2H2,1H3. The van der Waals surface area contributed by atoms with Gasteiger partial charge in [0.25, 0.3) is 0 Å². The van der Waals surface area contributed by atoms with Gasteiger partial charge in [0.2, 0.25) is 0 Å². The zero-order valence-electron chi connectivity index (χ0n) is 11.5. The lowest BCUT2D eigenvalue weighted by Gasteiger charge is -2.20. The largest absolute Gasteiger partial charge is 0.435 e. The van der Waals surface area contributed by atoms with Crippen LogP contribution in [0.25, 0.3) is 0 Å². The minimum Gasteiger partial charge on any atom is -0.435 e. The van der Waals surface area contributed by atoms with Gasteiger partial charge in [-0.2, -0.15) is 8.78 Å². The van der Waals surface area contributed by atoms with Crippen LogP contribution in [0.4, 0.5) is 13.2 Å². The molecule has 1 unspecified atom stereocenters. The van der Waals surface area contributed by atoms with E-state index in [0.29, 0.717) is 17.7 Å². The van der Waals surface area contributed by atoms with Crippen molar-refractivity contribution in [3.63, 3.8) is 0 Å². The van der Waals surface area contributed by atoms with Gasteiger partial charge in [-0.05, 0) is 30.3 Å². The third-order valence-electron chi connectivity index (χ3n) is 3.04. The van der Waals surface area contributed by atoms with Crippen LogP contribution in [0.3, 0.4) is 0 Å². The summed E-state index contributed by atoms with van der Waals surface area (Å²) in [6, 6.07) is 12.3. The molecule has 0 amide bonds. The van der Waals surface area contributed by atoms with Gasteiger partial charge in [0.15, 0.2) is 0 Å². The summed E-state index contributed by atoms with van der Waals surface area (Å²) >= 11 is 0. The Bertz CT molecular complexity index is 589. The van der Waals surface area contributed by atoms with Crippen LogP contribution in [0.1, 0.15) is 24.1 Å². The molecule has 21 heavy (non-hydrogen) atoms. The maximum atomic E-state index is 14.0. The summed E-state index contributed by atoms with van der Waals surface area (Å²) in [6.07, 6.45) is 0. The predicted molar refractivity (Wildman–Crippen MR) is 75.0 cm³/mol. The Morgan fingerprint density at radius 1 is 1.10 bits per heavy atom. The van der Waals surface area contributed by atoms with Crippen molar-refractivity contribution in [2.45, 2.75) is 19.6 Å². The highest BCUT2D eigenvalue weighted by Crippen LogP contribution is 2.27. The van der Waals surface area contributed by atoms with Crippen LogP contribution in [0.15, 0.2) is 48.5 Å². The van der Waals surface area contributed by atoms with Crippen LogP contribution in [-0.4, -0.2) is 13.2 Å². The highest BCUT2D eigenvalue weighted by atomic mass is 19.3. The lowest BCUT2D eigenvalue weighted by atomic mass is 9.98. The Labute approximate surface area is 121 Å². The first-order chi connectivity index (χ1) is 10.1. The van der Waals surface area contributed by atoms with Crippen molar-refractivity contribution in [3.8, 4) is 5.75 Å². The number of halogens is 3. The first-order valence-electron chi connectivity index (χ1n) is 6.64. The van der Waals surface area contributed by atoms with E-state index < -0.39 is 12.7 Å². The van der Waals surface area contributed by atoms with Gasteiger partial charge in [-0.3, -0.25) is 0 Å². The van der Waals surface area contributed by atoms with Crippen LogP contribution >= 0.6 is 0 Å². The fourth-order valence-electron chi connectivity index (χ4n) is 2.19. The van der Waals surface area contributed by atoms with E-state index in [1.165, 1.54) is 18.2 Å². The molecule has 2 aromatic rings. The van der Waals surface area contributed by atoms with E-state index in [9.17, 15) is 13.2 Å². The second-order valence-corrected chi connectivity index (χ2v) is 4.46. The van der Waals surface area contributed by atoms with Gasteiger partial charge in [-0.15, -0.1) is 0 Å². The van der Waals surface area contributed by atoms with Crippen LogP contribution in [0.5, 0.6) is 5.75 Å². The summed E-state index contributed by atoms with van der Waals surface area (Å²) in [7, 11) is 0. The highest BCUT2D eigenvalue weighted by Gasteiger charge is 2.17. The van der Waals surface area contributed by atoms with Crippen molar-refractivity contribution in [1.29, 1.82) is 0 Å². The first kappa shape index (κ1) is 15.4. The number of hydrogen-bond acceptors (Lipinski definition) is 2. The second-order valence-electron chi connectivity index (χ2n) is 4.46. The Kier molecular flexibility index (Phi) is 5.22. The fraction of sp³-hybridized carbons (Fsp3) is 0.250. The second kappa shape index (κ2) is 7.13. The molecule has 0 aliphatic carbocycles. The smallest absolute Gasteiger partial charge is 0.387 e. The predicted octanol–water partition coefficient (Wildman–Crippen LogP) is 4.13. The van der Waals surface area contributed by atoms with E-state index in [1.807, 2.05) is 6.92 Å². The van der Waals surface area contributed by atoms with Crippen LogP contribution < -0.4 is 10.1 Å². The molecule has 0 aliphatic rings. The lowest BCUT2D eigenvalue weighted by molar-refractivity contribution is -0.0498. The van der Waals surface area contributed by atoms with E-state index in [0.717, 1.165) is 0 Å². The number of hydrogen-bond donors (Lipinski definition) is 1. The highest BCUT2D eigenvalue weighted by molar-refractivity contribution is 5.37. The SMILES string of the molecule is CCNC(c1cccc(OC(F)F)c1)c1ccccc1F. The van der Waals surface area contributed by atoms with Crippen molar-refractivity contribution in [2.75, 3.05) is 6.54 Å². The average molecular weight is 295 g/mol. The molecule has 1 atom stereocenters. The number of benzene rings is 2. The normalized spacial score (nSPS) is 12.4. The summed E-state index contributed by atoms with van der Waals surface area (Å²) in [4.78, 5) is 0. The maximum absolute atomic E-state index is 14.0. The molecule has 0 bridgehead atoms. The summed E-state index contributed by atoms with van der Waals surface area (Å²) < 4.78 is 42.9. The number of nitrogens with one attached hydrogen (secondary N) is 1. The Morgan fingerprint density at radius 2 is 1.86 bits per heavy atom. The molecule has 2 rings (SSSR count). The van der Waals surface area contributed by atoms with Gasteiger partial charge < -0.3 is 10.1 Å². The zero-order valence-corrected chi connectivity index (χ0v) is 11.5. The molecule has 0 aromatic heterocycles. The molecule has 1 N–H and O–H groups in total. The number of alkyl halides is 2. The molecular weight excluding hydrogens is 279 g/mol. The summed E-state index contributed by atoms with van der Waals surface area (Å²) in [5, 5.41) is 3.15. The van der Waals surface area contributed by atoms with Crippen molar-refractivity contribution >= 4 is 0 Å². The fourth-order valence-corrected chi connectivity index (χ4v) is 2.19. The molecule has 0 saturated heterocycles. The third kappa shape index (κ3) is 3.98. The van der Waals surface area contributed by atoms with Crippen LogP contribution in [0.2, 0.25) is 0 Å². The van der Waals surface area contributed by atoms with E-state index in [1.54, 1.807) is 30.3 Å². The summed E-state index contributed by atoms with van der Waals surface area (Å²) in [6.45, 7) is -0.377. The van der Waals surface area contributed by atoms with E-state index in [4.69, 9.17) is 0 Å². The lowest BCUT2D eigenvalue weighted by Crippen LogP contribution is -2.23. The van der Waals surface area contributed by atoms with Crippen molar-refractivity contribution in [3.05, 3.63) is 65.5 Å². The molecule has 0 radical (unpaired) electrons. The van der Waals surface area contributed by atoms with Crippen molar-refractivity contribution in [2.24, 2.45) is 0 Å². The molecule has 112 valence electrons. The Hall–Kier alpha value is -2.01. The van der Waals surface area contributed by atoms with Crippen LogP contribution in [-0.2, 0) is 0 Å². The molecule has 2 nitrogen and oxygen atoms in total. The van der Waals surface area contributed by atoms with Crippen molar-refractivity contribution in [1.82, 2.24) is 5.32 Å². The number of rotatable bonds is 6. The van der Waals surface area contributed by atoms with Crippen LogP contribution in [0, 0.1) is 5.82 Å². The minimum atomic E-state index is -2.88. The van der Waals surface area contributed by atoms with Gasteiger partial charge in [0.05, 0.1) is 6.04 Å². The summed E-state index contributed by atoms with van der Waals surface area (Å²) in [5.74, 6) is -0.287. The molecule has 0 fully saturated rings. The first-order valence-corrected chi connectivity index (χ1v) is 6.64. The average Bonchev–Trinajstić information content (AvgIpc) is 2.45. The molecule has 0 aliphatic heterocycles. The molecule has 2 aromatic carbocycles. The zero-order chi connectivity index (χ0) is 15.2. The maximum Gasteiger partial charge on any atom is 0.387 e. The Balaban J connectivity index is 2.36. The summed E-state index contributed by atoms with van der Waals surface area (Å²) in [5.41, 5.74) is 1.13. The van der Waals surface area contributed by atoms with E-state index in [2.05, 4.69) is 10.1 Å². The topological polar surface area (TPSA) is 21.3 Å². The quantitative estimate of drug-likeness (QED) is 0.865. The van der Waals surface area contributed by atoms with Gasteiger partial charge in [-0.25, -0.2) is 4.39 Å². The molecule has 0 saturated carbocycles. The number of ether oxygens (including phenoxy) is 1. The van der Waals surface area contributed by atoms with Gasteiger partial charge in [0.1, 0.15) is 11.6 Å². The minimum absolute atomic E-state index is 0.0572. The van der Waals surface area contributed by atoms with E-state index in [-0.39, 0.29) is 11.6 Å². The van der Waals surface area contributed by atoms with Gasteiger partial charge >= 0.3 is 6.61 Å². The van der Waals surface area contributed by atoms with Gasteiger partial charge in [0, 0.05) is 5.56 Å². The van der Waals surface area contributed by atoms with Crippen molar-refractivity contribution < 1.29 is 17.9 Å². The molecular formula is C16H16F3NO. The monoisotopic (exact) mass is 295 g/mol. The Morgan fingerprint density at radius 3 is 2.52 bits per heavy atom. The van der Waals surface area contributed by atoms with Gasteiger partial charge in [-0.1, -0.05) is 37.3 Å². The third-order valence-corrected chi connectivity index (χ3v) is 3.04. The van der Waals surface area contributed by atoms with E-state index >= 15 is 0 Å².